The summed E-state index contributed by atoms with van der Waals surface area (Å²) in [6, 6.07) is 7.12. The molecule has 0 unspecified atom stereocenters. The Kier molecular flexibility index (Phi) is 11.2. The van der Waals surface area contributed by atoms with E-state index in [4.69, 9.17) is 5.73 Å². The minimum Gasteiger partial charge on any atom is -0.387 e. The number of nitrogens with one attached hydrogen (secondary N) is 1. The van der Waals surface area contributed by atoms with E-state index < -0.39 is 5.91 Å². The van der Waals surface area contributed by atoms with E-state index in [1.54, 1.807) is 25.2 Å². The Balaban J connectivity index is 0. The molecule has 1 aromatic rings. The van der Waals surface area contributed by atoms with Crippen molar-refractivity contribution in [3.05, 3.63) is 29.8 Å². The van der Waals surface area contributed by atoms with Gasteiger partial charge in [0.2, 0.25) is 0 Å². The number of para-hydroxylation sites is 1. The van der Waals surface area contributed by atoms with E-state index in [1.165, 1.54) is 0 Å². The molecule has 0 heterocycles. The van der Waals surface area contributed by atoms with Crippen LogP contribution in [0.3, 0.4) is 0 Å². The first-order chi connectivity index (χ1) is 7.25. The minimum absolute atomic E-state index is 0.407. The van der Waals surface area contributed by atoms with Crippen LogP contribution in [-0.4, -0.2) is 13.0 Å². The van der Waals surface area contributed by atoms with Gasteiger partial charge in [0.1, 0.15) is 0 Å². The van der Waals surface area contributed by atoms with Gasteiger partial charge in [-0.25, -0.2) is 0 Å². The van der Waals surface area contributed by atoms with Crippen molar-refractivity contribution in [3.63, 3.8) is 0 Å². The summed E-state index contributed by atoms with van der Waals surface area (Å²) in [7, 11) is 1.75. The number of primary amides is 1. The number of hydrogen-bond donors (Lipinski definition) is 2. The van der Waals surface area contributed by atoms with Crippen molar-refractivity contribution < 1.29 is 4.79 Å². The molecular formula is C12H22N2O. The van der Waals surface area contributed by atoms with Crippen molar-refractivity contribution in [2.75, 3.05) is 12.4 Å². The fourth-order valence-electron chi connectivity index (χ4n) is 0.916. The lowest BCUT2D eigenvalue weighted by atomic mass is 10.2. The Morgan fingerprint density at radius 3 is 1.93 bits per heavy atom. The first-order valence-electron chi connectivity index (χ1n) is 5.32. The van der Waals surface area contributed by atoms with Gasteiger partial charge in [-0.2, -0.15) is 0 Å². The fourth-order valence-corrected chi connectivity index (χ4v) is 0.916. The van der Waals surface area contributed by atoms with Crippen LogP contribution in [0, 0.1) is 0 Å². The largest absolute Gasteiger partial charge is 0.387 e. The van der Waals surface area contributed by atoms with Gasteiger partial charge in [-0.1, -0.05) is 39.8 Å². The smallest absolute Gasteiger partial charge is 0.250 e. The average molecular weight is 210 g/mol. The van der Waals surface area contributed by atoms with Crippen molar-refractivity contribution in [2.24, 2.45) is 5.73 Å². The van der Waals surface area contributed by atoms with Gasteiger partial charge in [0.25, 0.3) is 5.91 Å². The van der Waals surface area contributed by atoms with Gasteiger partial charge in [0.05, 0.1) is 5.56 Å². The van der Waals surface area contributed by atoms with E-state index in [2.05, 4.69) is 5.32 Å². The second-order valence-corrected chi connectivity index (χ2v) is 2.16. The zero-order valence-electron chi connectivity index (χ0n) is 10.3. The van der Waals surface area contributed by atoms with E-state index in [0.29, 0.717) is 5.56 Å². The van der Waals surface area contributed by atoms with E-state index >= 15 is 0 Å². The predicted octanol–water partition coefficient (Wildman–Crippen LogP) is 2.88. The molecule has 0 saturated heterocycles. The zero-order chi connectivity index (χ0) is 12.3. The standard InChI is InChI=1S/C8H10N2O.2C2H6/c1-10-7-5-3-2-4-6(7)8(9)11;2*1-2/h2-5,10H,1H3,(H2,9,11);2*1-2H3. The van der Waals surface area contributed by atoms with Crippen molar-refractivity contribution in [3.8, 4) is 0 Å². The van der Waals surface area contributed by atoms with Crippen LogP contribution < -0.4 is 11.1 Å². The highest BCUT2D eigenvalue weighted by Crippen LogP contribution is 2.12. The lowest BCUT2D eigenvalue weighted by molar-refractivity contribution is 0.100. The van der Waals surface area contributed by atoms with Crippen LogP contribution in [0.2, 0.25) is 0 Å². The topological polar surface area (TPSA) is 55.1 Å². The molecule has 0 spiro atoms. The number of amides is 1. The maximum Gasteiger partial charge on any atom is 0.250 e. The Morgan fingerprint density at radius 2 is 1.60 bits per heavy atom. The van der Waals surface area contributed by atoms with E-state index in [9.17, 15) is 4.79 Å². The van der Waals surface area contributed by atoms with E-state index in [0.717, 1.165) is 5.69 Å². The van der Waals surface area contributed by atoms with Gasteiger partial charge in [0.15, 0.2) is 0 Å². The summed E-state index contributed by atoms with van der Waals surface area (Å²) in [6.07, 6.45) is 0. The number of rotatable bonds is 2. The van der Waals surface area contributed by atoms with Crippen LogP contribution in [0.15, 0.2) is 24.3 Å². The molecule has 0 aliphatic carbocycles. The molecule has 0 aromatic heterocycles. The summed E-state index contributed by atoms with van der Waals surface area (Å²) in [6.45, 7) is 8.00. The second-order valence-electron chi connectivity index (χ2n) is 2.16. The molecule has 86 valence electrons. The molecule has 0 fully saturated rings. The van der Waals surface area contributed by atoms with Crippen LogP contribution in [-0.2, 0) is 0 Å². The van der Waals surface area contributed by atoms with Crippen LogP contribution in [0.25, 0.3) is 0 Å². The van der Waals surface area contributed by atoms with Crippen LogP contribution >= 0.6 is 0 Å². The highest BCUT2D eigenvalue weighted by atomic mass is 16.1. The van der Waals surface area contributed by atoms with E-state index in [-0.39, 0.29) is 0 Å². The maximum atomic E-state index is 10.8. The summed E-state index contributed by atoms with van der Waals surface area (Å²) in [5, 5.41) is 2.88. The zero-order valence-corrected chi connectivity index (χ0v) is 10.3. The quantitative estimate of drug-likeness (QED) is 0.788. The summed E-state index contributed by atoms with van der Waals surface area (Å²) in [4.78, 5) is 10.8. The Hall–Kier alpha value is -1.51. The second kappa shape index (κ2) is 10.6. The molecular weight excluding hydrogens is 188 g/mol. The van der Waals surface area contributed by atoms with Crippen LogP contribution in [0.1, 0.15) is 38.1 Å². The molecule has 1 rings (SSSR count). The molecule has 3 N–H and O–H groups in total. The number of hydrogen-bond acceptors (Lipinski definition) is 2. The number of nitrogens with two attached hydrogens (primary N) is 1. The molecule has 0 aliphatic rings. The molecule has 3 nitrogen and oxygen atoms in total. The first-order valence-corrected chi connectivity index (χ1v) is 5.32. The van der Waals surface area contributed by atoms with E-state index in [1.807, 2.05) is 33.8 Å². The van der Waals surface area contributed by atoms with Gasteiger partial charge in [-0.3, -0.25) is 4.79 Å². The van der Waals surface area contributed by atoms with Crippen molar-refractivity contribution in [2.45, 2.75) is 27.7 Å². The van der Waals surface area contributed by atoms with Crippen molar-refractivity contribution >= 4 is 11.6 Å². The predicted molar refractivity (Wildman–Crippen MR) is 67.2 cm³/mol. The minimum atomic E-state index is -0.407. The monoisotopic (exact) mass is 210 g/mol. The molecule has 1 aromatic carbocycles. The molecule has 0 aliphatic heterocycles. The third-order valence-corrected chi connectivity index (χ3v) is 1.46. The highest BCUT2D eigenvalue weighted by molar-refractivity contribution is 5.98. The highest BCUT2D eigenvalue weighted by Gasteiger charge is 2.03. The Labute approximate surface area is 92.7 Å². The summed E-state index contributed by atoms with van der Waals surface area (Å²) in [5.41, 5.74) is 6.40. The molecule has 1 amide bonds. The van der Waals surface area contributed by atoms with Gasteiger partial charge < -0.3 is 11.1 Å². The lowest BCUT2D eigenvalue weighted by Crippen LogP contribution is -2.12. The number of benzene rings is 1. The normalized spacial score (nSPS) is 7.53. The number of anilines is 1. The molecule has 0 radical (unpaired) electrons. The van der Waals surface area contributed by atoms with Crippen molar-refractivity contribution in [1.29, 1.82) is 0 Å². The summed E-state index contributed by atoms with van der Waals surface area (Å²) in [5.74, 6) is -0.407. The Bertz CT molecular complexity index is 272. The number of carbonyl (C=O) groups is 1. The van der Waals surface area contributed by atoms with Gasteiger partial charge in [-0.05, 0) is 12.1 Å². The molecule has 3 heteroatoms. The lowest BCUT2D eigenvalue weighted by Gasteiger charge is -2.03. The molecule has 0 bridgehead atoms. The first kappa shape index (κ1) is 15.9. The SMILES string of the molecule is CC.CC.CNc1ccccc1C(N)=O. The van der Waals surface area contributed by atoms with Gasteiger partial charge >= 0.3 is 0 Å². The molecule has 0 atom stereocenters. The van der Waals surface area contributed by atoms with Crippen LogP contribution in [0.4, 0.5) is 5.69 Å². The fraction of sp³-hybridized carbons (Fsp3) is 0.417. The molecule has 15 heavy (non-hydrogen) atoms. The maximum absolute atomic E-state index is 10.8. The van der Waals surface area contributed by atoms with Gasteiger partial charge in [0, 0.05) is 12.7 Å². The molecule has 0 saturated carbocycles. The van der Waals surface area contributed by atoms with Gasteiger partial charge in [-0.15, -0.1) is 0 Å². The summed E-state index contributed by atoms with van der Waals surface area (Å²) >= 11 is 0. The average Bonchev–Trinajstić information content (AvgIpc) is 2.34. The van der Waals surface area contributed by atoms with Crippen LogP contribution in [0.5, 0.6) is 0 Å². The third-order valence-electron chi connectivity index (χ3n) is 1.46. The van der Waals surface area contributed by atoms with Crippen molar-refractivity contribution in [1.82, 2.24) is 0 Å². The Morgan fingerprint density at radius 1 is 1.13 bits per heavy atom. The third kappa shape index (κ3) is 5.73. The summed E-state index contributed by atoms with van der Waals surface area (Å²) < 4.78 is 0. The number of carbonyl (C=O) groups excluding carboxylic acids is 1.